The molecule has 4 aromatic rings. The maximum Gasteiger partial charge on any atom is 0.339 e. The number of benzene rings is 2. The van der Waals surface area contributed by atoms with Gasteiger partial charge in [0.05, 0.1) is 18.4 Å². The Labute approximate surface area is 178 Å². The molecule has 0 bridgehead atoms. The van der Waals surface area contributed by atoms with E-state index >= 15 is 0 Å². The molecule has 0 amide bonds. The maximum absolute atomic E-state index is 13.8. The van der Waals surface area contributed by atoms with Gasteiger partial charge < -0.3 is 4.74 Å². The van der Waals surface area contributed by atoms with Crippen molar-refractivity contribution in [2.45, 2.75) is 24.2 Å². The quantitative estimate of drug-likeness (QED) is 0.429. The SMILES string of the molecule is COC(=O)c1cn(S(=O)(=O)c2csc3ccccc23)c2c1CCCc1ccccc1-2. The van der Waals surface area contributed by atoms with E-state index < -0.39 is 16.0 Å². The van der Waals surface area contributed by atoms with Crippen LogP contribution in [-0.2, 0) is 27.6 Å². The molecular weight excluding hydrogens is 418 g/mol. The van der Waals surface area contributed by atoms with Crippen molar-refractivity contribution in [1.29, 1.82) is 0 Å². The number of nitrogens with zero attached hydrogens (tertiary/aromatic N) is 1. The highest BCUT2D eigenvalue weighted by atomic mass is 32.2. The lowest BCUT2D eigenvalue weighted by Gasteiger charge is -2.13. The molecule has 1 aliphatic carbocycles. The van der Waals surface area contributed by atoms with Gasteiger partial charge in [-0.15, -0.1) is 11.3 Å². The molecule has 152 valence electrons. The summed E-state index contributed by atoms with van der Waals surface area (Å²) in [6.07, 6.45) is 3.70. The Morgan fingerprint density at radius 2 is 1.83 bits per heavy atom. The number of methoxy groups -OCH3 is 1. The second-order valence-corrected chi connectivity index (χ2v) is 9.96. The van der Waals surface area contributed by atoms with E-state index in [2.05, 4.69) is 0 Å². The number of hydrogen-bond donors (Lipinski definition) is 0. The zero-order valence-electron chi connectivity index (χ0n) is 16.3. The predicted octanol–water partition coefficient (Wildman–Crippen LogP) is 4.88. The Kier molecular flexibility index (Phi) is 4.52. The zero-order valence-corrected chi connectivity index (χ0v) is 17.9. The van der Waals surface area contributed by atoms with Crippen LogP contribution in [0.3, 0.4) is 0 Å². The van der Waals surface area contributed by atoms with Gasteiger partial charge in [0.2, 0.25) is 0 Å². The first kappa shape index (κ1) is 19.1. The largest absolute Gasteiger partial charge is 0.465 e. The molecule has 5 rings (SSSR count). The molecule has 0 fully saturated rings. The second kappa shape index (κ2) is 7.11. The number of aromatic nitrogens is 1. The summed E-state index contributed by atoms with van der Waals surface area (Å²) in [6.45, 7) is 0. The van der Waals surface area contributed by atoms with E-state index in [0.29, 0.717) is 23.1 Å². The van der Waals surface area contributed by atoms with Gasteiger partial charge in [-0.1, -0.05) is 42.5 Å². The van der Waals surface area contributed by atoms with Crippen LogP contribution in [0.2, 0.25) is 0 Å². The van der Waals surface area contributed by atoms with E-state index in [1.165, 1.54) is 28.6 Å². The van der Waals surface area contributed by atoms with Gasteiger partial charge in [0, 0.05) is 27.2 Å². The Balaban J connectivity index is 1.84. The molecule has 0 spiro atoms. The lowest BCUT2D eigenvalue weighted by Crippen LogP contribution is -2.13. The molecule has 1 aliphatic rings. The molecule has 2 aromatic heterocycles. The second-order valence-electron chi connectivity index (χ2n) is 7.27. The van der Waals surface area contributed by atoms with Crippen molar-refractivity contribution in [3.8, 4) is 11.3 Å². The maximum atomic E-state index is 13.8. The summed E-state index contributed by atoms with van der Waals surface area (Å²) in [5.74, 6) is -0.519. The minimum atomic E-state index is -3.92. The summed E-state index contributed by atoms with van der Waals surface area (Å²) < 4.78 is 34.9. The van der Waals surface area contributed by atoms with Crippen LogP contribution in [-0.4, -0.2) is 25.5 Å². The van der Waals surface area contributed by atoms with Crippen molar-refractivity contribution in [2.24, 2.45) is 0 Å². The van der Waals surface area contributed by atoms with Crippen molar-refractivity contribution < 1.29 is 17.9 Å². The number of ether oxygens (including phenoxy) is 1. The number of thiophene rings is 1. The van der Waals surface area contributed by atoms with E-state index in [9.17, 15) is 13.2 Å². The van der Waals surface area contributed by atoms with Crippen LogP contribution in [0.5, 0.6) is 0 Å². The third-order valence-corrected chi connectivity index (χ3v) is 8.42. The average molecular weight is 438 g/mol. The summed E-state index contributed by atoms with van der Waals surface area (Å²) in [6, 6.07) is 15.3. The summed E-state index contributed by atoms with van der Waals surface area (Å²) in [4.78, 5) is 12.8. The molecule has 0 aliphatic heterocycles. The van der Waals surface area contributed by atoms with E-state index in [-0.39, 0.29) is 4.90 Å². The fourth-order valence-corrected chi connectivity index (χ4v) is 7.09. The van der Waals surface area contributed by atoms with Crippen molar-refractivity contribution in [3.63, 3.8) is 0 Å². The van der Waals surface area contributed by atoms with Crippen LogP contribution in [0.4, 0.5) is 0 Å². The molecule has 0 radical (unpaired) electrons. The first-order valence-electron chi connectivity index (χ1n) is 9.65. The monoisotopic (exact) mass is 437 g/mol. The topological polar surface area (TPSA) is 65.4 Å². The third kappa shape index (κ3) is 2.80. The summed E-state index contributed by atoms with van der Waals surface area (Å²) >= 11 is 1.40. The first-order valence-corrected chi connectivity index (χ1v) is 12.0. The molecule has 5 nitrogen and oxygen atoms in total. The van der Waals surface area contributed by atoms with Crippen molar-refractivity contribution in [2.75, 3.05) is 7.11 Å². The Bertz CT molecular complexity index is 1400. The van der Waals surface area contributed by atoms with Crippen LogP contribution >= 0.6 is 11.3 Å². The number of fused-ring (bicyclic) bond motifs is 4. The van der Waals surface area contributed by atoms with E-state index in [1.807, 2.05) is 48.5 Å². The van der Waals surface area contributed by atoms with Gasteiger partial charge in [-0.2, -0.15) is 0 Å². The smallest absolute Gasteiger partial charge is 0.339 e. The van der Waals surface area contributed by atoms with Crippen LogP contribution in [0, 0.1) is 0 Å². The highest BCUT2D eigenvalue weighted by Gasteiger charge is 2.32. The zero-order chi connectivity index (χ0) is 20.9. The molecule has 2 aromatic carbocycles. The fraction of sp³-hybridized carbons (Fsp3) is 0.174. The van der Waals surface area contributed by atoms with Crippen molar-refractivity contribution in [3.05, 3.63) is 76.8 Å². The molecule has 0 unspecified atom stereocenters. The first-order chi connectivity index (χ1) is 14.5. The van der Waals surface area contributed by atoms with Gasteiger partial charge in [-0.3, -0.25) is 0 Å². The number of carbonyl (C=O) groups is 1. The standard InChI is InChI=1S/C23H19NO4S2/c1-28-23(25)19-13-24(22-16-9-3-2-7-15(16)8-6-11-17(19)22)30(26,27)21-14-29-20-12-5-4-10-18(20)21/h2-5,7,9-10,12-14H,6,8,11H2,1H3. The predicted molar refractivity (Wildman–Crippen MR) is 118 cm³/mol. The van der Waals surface area contributed by atoms with Crippen molar-refractivity contribution >= 4 is 37.4 Å². The number of hydrogen-bond acceptors (Lipinski definition) is 5. The molecule has 0 atom stereocenters. The van der Waals surface area contributed by atoms with Gasteiger partial charge in [-0.05, 0) is 36.5 Å². The minimum Gasteiger partial charge on any atom is -0.465 e. The lowest BCUT2D eigenvalue weighted by molar-refractivity contribution is 0.0599. The normalized spacial score (nSPS) is 13.5. The van der Waals surface area contributed by atoms with Crippen LogP contribution in [0.1, 0.15) is 27.9 Å². The Morgan fingerprint density at radius 3 is 2.67 bits per heavy atom. The van der Waals surface area contributed by atoms with Crippen LogP contribution in [0.15, 0.2) is 65.0 Å². The van der Waals surface area contributed by atoms with Gasteiger partial charge in [0.1, 0.15) is 4.90 Å². The summed E-state index contributed by atoms with van der Waals surface area (Å²) in [7, 11) is -2.61. The van der Waals surface area contributed by atoms with Crippen molar-refractivity contribution in [1.82, 2.24) is 3.97 Å². The molecule has 0 saturated carbocycles. The summed E-state index contributed by atoms with van der Waals surface area (Å²) in [5.41, 5.74) is 3.54. The van der Waals surface area contributed by atoms with E-state index in [1.54, 1.807) is 5.38 Å². The van der Waals surface area contributed by atoms with E-state index in [4.69, 9.17) is 4.74 Å². The summed E-state index contributed by atoms with van der Waals surface area (Å²) in [5, 5.41) is 2.36. The molecule has 7 heteroatoms. The van der Waals surface area contributed by atoms with Crippen LogP contribution < -0.4 is 0 Å². The van der Waals surface area contributed by atoms with Gasteiger partial charge in [-0.25, -0.2) is 17.2 Å². The highest BCUT2D eigenvalue weighted by molar-refractivity contribution is 7.90. The van der Waals surface area contributed by atoms with Gasteiger partial charge in [0.15, 0.2) is 0 Å². The number of rotatable bonds is 3. The fourth-order valence-electron chi connectivity index (χ4n) is 4.21. The molecule has 0 N–H and O–H groups in total. The van der Waals surface area contributed by atoms with E-state index in [0.717, 1.165) is 34.2 Å². The highest BCUT2D eigenvalue weighted by Crippen LogP contribution is 2.39. The Morgan fingerprint density at radius 1 is 1.07 bits per heavy atom. The minimum absolute atomic E-state index is 0.249. The average Bonchev–Trinajstić information content (AvgIpc) is 3.31. The third-order valence-electron chi connectivity index (χ3n) is 5.61. The lowest BCUT2D eigenvalue weighted by atomic mass is 10.0. The molecular formula is C23H19NO4S2. The Hall–Kier alpha value is -2.90. The van der Waals surface area contributed by atoms with Gasteiger partial charge >= 0.3 is 5.97 Å². The number of esters is 1. The molecule has 0 saturated heterocycles. The number of carbonyl (C=O) groups excluding carboxylic acids is 1. The molecule has 30 heavy (non-hydrogen) atoms. The van der Waals surface area contributed by atoms with Gasteiger partial charge in [0.25, 0.3) is 10.0 Å². The molecule has 2 heterocycles. The number of aryl methyl sites for hydroxylation is 1. The van der Waals surface area contributed by atoms with Crippen LogP contribution in [0.25, 0.3) is 21.3 Å².